The highest BCUT2D eigenvalue weighted by Crippen LogP contribution is 2.18. The fourth-order valence-corrected chi connectivity index (χ4v) is 6.30. The molecule has 0 saturated heterocycles. The summed E-state index contributed by atoms with van der Waals surface area (Å²) in [6, 6.07) is 8.51. The molecule has 1 nitrogen and oxygen atoms in total. The Morgan fingerprint density at radius 1 is 0.857 bits per heavy atom. The van der Waals surface area contributed by atoms with Gasteiger partial charge in [-0.05, 0) is 12.1 Å². The lowest BCUT2D eigenvalue weighted by atomic mass is 10.3. The molecular weight excluding hydrogens is 202 g/mol. The summed E-state index contributed by atoms with van der Waals surface area (Å²) in [6.45, 7) is 12.4. The predicted octanol–water partition coefficient (Wildman–Crippen LogP) is 2.60. The minimum Gasteiger partial charge on any atom is -0.399 e. The average molecular weight is 223 g/mol. The van der Waals surface area contributed by atoms with Gasteiger partial charge in [0.25, 0.3) is 0 Å². The number of hydrogen-bond donors (Lipinski definition) is 1. The summed E-state index contributed by atoms with van der Waals surface area (Å²) >= 11 is 0. The quantitative estimate of drug-likeness (QED) is 0.605. The molecule has 0 aromatic heterocycles. The van der Waals surface area contributed by atoms with Crippen LogP contribution < -0.4 is 10.9 Å². The first-order chi connectivity index (χ1) is 6.25. The van der Waals surface area contributed by atoms with Crippen LogP contribution in [0.3, 0.4) is 0 Å². The van der Waals surface area contributed by atoms with Crippen LogP contribution in [0.1, 0.15) is 0 Å². The van der Waals surface area contributed by atoms with E-state index >= 15 is 0 Å². The Balaban J connectivity index is 3.10. The van der Waals surface area contributed by atoms with Crippen LogP contribution in [0, 0.1) is 0 Å². The standard InChI is InChI=1S/C11H21NSi2/c1-13(2,3)14(4,5)11-8-6-10(12)7-9-11/h6-9H,12H2,1-5H3. The Morgan fingerprint density at radius 3 is 1.64 bits per heavy atom. The first-order valence-electron chi connectivity index (χ1n) is 5.11. The number of anilines is 1. The van der Waals surface area contributed by atoms with Crippen molar-refractivity contribution in [3.8, 4) is 0 Å². The van der Waals surface area contributed by atoms with Crippen LogP contribution in [0.15, 0.2) is 24.3 Å². The molecule has 78 valence electrons. The van der Waals surface area contributed by atoms with Crippen molar-refractivity contribution in [3.05, 3.63) is 24.3 Å². The van der Waals surface area contributed by atoms with Gasteiger partial charge >= 0.3 is 0 Å². The number of hydrogen-bond acceptors (Lipinski definition) is 1. The average Bonchev–Trinajstić information content (AvgIpc) is 2.03. The lowest BCUT2D eigenvalue weighted by Gasteiger charge is -2.35. The molecule has 0 bridgehead atoms. The number of nitrogens with two attached hydrogens (primary N) is 1. The largest absolute Gasteiger partial charge is 0.399 e. The van der Waals surface area contributed by atoms with E-state index in [2.05, 4.69) is 44.9 Å². The van der Waals surface area contributed by atoms with Crippen molar-refractivity contribution in [1.29, 1.82) is 0 Å². The third-order valence-corrected chi connectivity index (χ3v) is 21.2. The van der Waals surface area contributed by atoms with E-state index in [9.17, 15) is 0 Å². The van der Waals surface area contributed by atoms with Crippen molar-refractivity contribution in [2.24, 2.45) is 0 Å². The molecule has 0 unspecified atom stereocenters. The van der Waals surface area contributed by atoms with E-state index in [0.717, 1.165) is 5.69 Å². The van der Waals surface area contributed by atoms with Gasteiger partial charge in [-0.15, -0.1) is 0 Å². The molecule has 1 aromatic rings. The predicted molar refractivity (Wildman–Crippen MR) is 71.3 cm³/mol. The van der Waals surface area contributed by atoms with Crippen molar-refractivity contribution in [3.63, 3.8) is 0 Å². The summed E-state index contributed by atoms with van der Waals surface area (Å²) in [6.07, 6.45) is 0. The van der Waals surface area contributed by atoms with Gasteiger partial charge in [-0.2, -0.15) is 0 Å². The summed E-state index contributed by atoms with van der Waals surface area (Å²) in [7, 11) is -2.27. The zero-order chi connectivity index (χ0) is 11.0. The Hall–Kier alpha value is -0.546. The van der Waals surface area contributed by atoms with E-state index in [-0.39, 0.29) is 0 Å². The monoisotopic (exact) mass is 223 g/mol. The van der Waals surface area contributed by atoms with E-state index in [4.69, 9.17) is 5.73 Å². The fourth-order valence-electron chi connectivity index (χ4n) is 1.33. The first kappa shape index (κ1) is 11.5. The van der Waals surface area contributed by atoms with E-state index in [1.54, 1.807) is 5.19 Å². The second-order valence-corrected chi connectivity index (χ2v) is 22.1. The fraction of sp³-hybridized carbons (Fsp3) is 0.455. The molecule has 1 aromatic carbocycles. The molecule has 0 amide bonds. The lowest BCUT2D eigenvalue weighted by Crippen LogP contribution is -2.61. The number of rotatable bonds is 2. The molecule has 0 aliphatic rings. The van der Waals surface area contributed by atoms with Crippen LogP contribution in [0.2, 0.25) is 32.7 Å². The topological polar surface area (TPSA) is 26.0 Å². The van der Waals surface area contributed by atoms with Crippen LogP contribution >= 0.6 is 0 Å². The molecule has 2 N–H and O–H groups in total. The Bertz CT molecular complexity index is 309. The molecule has 0 radical (unpaired) electrons. The normalized spacial score (nSPS) is 12.9. The molecule has 0 aliphatic heterocycles. The highest BCUT2D eigenvalue weighted by molar-refractivity contribution is 7.45. The van der Waals surface area contributed by atoms with Gasteiger partial charge in [0.1, 0.15) is 0 Å². The maximum Gasteiger partial charge on any atom is 0.0736 e. The van der Waals surface area contributed by atoms with Gasteiger partial charge < -0.3 is 5.73 Å². The van der Waals surface area contributed by atoms with Gasteiger partial charge in [-0.3, -0.25) is 0 Å². The van der Waals surface area contributed by atoms with E-state index in [0.29, 0.717) is 0 Å². The second-order valence-electron chi connectivity index (χ2n) is 5.50. The van der Waals surface area contributed by atoms with Crippen LogP contribution in [-0.2, 0) is 0 Å². The van der Waals surface area contributed by atoms with Gasteiger partial charge in [0.15, 0.2) is 0 Å². The minimum atomic E-state index is -1.22. The highest BCUT2D eigenvalue weighted by Gasteiger charge is 2.37. The van der Waals surface area contributed by atoms with Crippen molar-refractivity contribution in [2.75, 3.05) is 5.73 Å². The third-order valence-electron chi connectivity index (χ3n) is 3.51. The van der Waals surface area contributed by atoms with Gasteiger partial charge in [0, 0.05) is 13.3 Å². The number of benzene rings is 1. The summed E-state index contributed by atoms with van der Waals surface area (Å²) in [5.74, 6) is 0. The Kier molecular flexibility index (Phi) is 2.92. The van der Waals surface area contributed by atoms with Gasteiger partial charge in [0.05, 0.1) is 7.59 Å². The molecule has 0 atom stereocenters. The van der Waals surface area contributed by atoms with E-state index in [1.165, 1.54) is 0 Å². The molecule has 0 fully saturated rings. The molecule has 0 aliphatic carbocycles. The van der Waals surface area contributed by atoms with E-state index in [1.807, 2.05) is 12.1 Å². The van der Waals surface area contributed by atoms with Crippen LogP contribution in [0.25, 0.3) is 0 Å². The number of nitrogen functional groups attached to an aromatic ring is 1. The molecular formula is C11H21NSi2. The molecule has 0 spiro atoms. The SMILES string of the molecule is C[Si](C)(C)[Si](C)(C)c1ccc(N)cc1. The first-order valence-corrected chi connectivity index (χ1v) is 12.6. The second kappa shape index (κ2) is 3.55. The summed E-state index contributed by atoms with van der Waals surface area (Å²) < 4.78 is 0. The van der Waals surface area contributed by atoms with Gasteiger partial charge in [-0.25, -0.2) is 0 Å². The lowest BCUT2D eigenvalue weighted by molar-refractivity contribution is 1.67. The van der Waals surface area contributed by atoms with Gasteiger partial charge in [0.2, 0.25) is 0 Å². The van der Waals surface area contributed by atoms with Crippen LogP contribution in [-0.4, -0.2) is 15.2 Å². The smallest absolute Gasteiger partial charge is 0.0736 e. The molecule has 1 rings (SSSR count). The molecule has 0 heterocycles. The molecule has 3 heteroatoms. The zero-order valence-corrected chi connectivity index (χ0v) is 11.9. The Labute approximate surface area is 89.1 Å². The van der Waals surface area contributed by atoms with Crippen molar-refractivity contribution in [1.82, 2.24) is 0 Å². The maximum absolute atomic E-state index is 5.71. The van der Waals surface area contributed by atoms with Crippen molar-refractivity contribution < 1.29 is 0 Å². The third kappa shape index (κ3) is 2.09. The molecule has 0 saturated carbocycles. The maximum atomic E-state index is 5.71. The van der Waals surface area contributed by atoms with E-state index < -0.39 is 15.2 Å². The zero-order valence-electron chi connectivity index (χ0n) is 9.89. The minimum absolute atomic E-state index is 0.870. The van der Waals surface area contributed by atoms with Crippen molar-refractivity contribution in [2.45, 2.75) is 32.7 Å². The van der Waals surface area contributed by atoms with Crippen molar-refractivity contribution >= 4 is 26.1 Å². The highest BCUT2D eigenvalue weighted by atomic mass is 29.3. The molecule has 14 heavy (non-hydrogen) atoms. The summed E-state index contributed by atoms with van der Waals surface area (Å²) in [4.78, 5) is 0. The Morgan fingerprint density at radius 2 is 1.29 bits per heavy atom. The van der Waals surface area contributed by atoms with Crippen LogP contribution in [0.4, 0.5) is 5.69 Å². The summed E-state index contributed by atoms with van der Waals surface area (Å²) in [5, 5.41) is 1.55. The summed E-state index contributed by atoms with van der Waals surface area (Å²) in [5.41, 5.74) is 6.58. The van der Waals surface area contributed by atoms with Crippen LogP contribution in [0.5, 0.6) is 0 Å². The van der Waals surface area contributed by atoms with Gasteiger partial charge in [-0.1, -0.05) is 50.1 Å².